The molecule has 2 N–H and O–H groups in total. The van der Waals surface area contributed by atoms with Crippen molar-refractivity contribution in [1.29, 1.82) is 0 Å². The zero-order chi connectivity index (χ0) is 20.5. The first-order valence-corrected chi connectivity index (χ1v) is 10.1. The summed E-state index contributed by atoms with van der Waals surface area (Å²) in [4.78, 5) is 16.6. The number of methoxy groups -OCH3 is 2. The Morgan fingerprint density at radius 1 is 1.24 bits per heavy atom. The summed E-state index contributed by atoms with van der Waals surface area (Å²) in [6.45, 7) is 0. The van der Waals surface area contributed by atoms with E-state index in [2.05, 4.69) is 10.3 Å². The first-order chi connectivity index (χ1) is 14.0. The Bertz CT molecular complexity index is 1060. The molecule has 0 fully saturated rings. The van der Waals surface area contributed by atoms with Crippen molar-refractivity contribution in [2.45, 2.75) is 5.25 Å². The van der Waals surface area contributed by atoms with Gasteiger partial charge in [-0.05, 0) is 35.9 Å². The van der Waals surface area contributed by atoms with E-state index in [0.717, 1.165) is 16.9 Å². The largest absolute Gasteiger partial charge is 0.502 e. The minimum Gasteiger partial charge on any atom is -0.502 e. The highest BCUT2D eigenvalue weighted by Crippen LogP contribution is 2.47. The van der Waals surface area contributed by atoms with E-state index in [-0.39, 0.29) is 22.7 Å². The zero-order valence-electron chi connectivity index (χ0n) is 15.7. The number of fused-ring (bicyclic) bond motifs is 1. The second-order valence-corrected chi connectivity index (χ2v) is 7.87. The predicted molar refractivity (Wildman–Crippen MR) is 113 cm³/mol. The van der Waals surface area contributed by atoms with E-state index in [1.807, 2.05) is 22.8 Å². The molecule has 2 aromatic carbocycles. The maximum absolute atomic E-state index is 12.2. The number of aromatic hydroxyl groups is 1. The lowest BCUT2D eigenvalue weighted by Gasteiger charge is -2.20. The molecule has 4 rings (SSSR count). The molecule has 1 aromatic heterocycles. The molecule has 1 atom stereocenters. The van der Waals surface area contributed by atoms with Crippen LogP contribution in [0.1, 0.15) is 16.5 Å². The van der Waals surface area contributed by atoms with Gasteiger partial charge in [0.2, 0.25) is 11.7 Å². The summed E-state index contributed by atoms with van der Waals surface area (Å²) < 4.78 is 12.5. The number of benzene rings is 2. The Kier molecular flexibility index (Phi) is 5.29. The van der Waals surface area contributed by atoms with Crippen LogP contribution in [0.25, 0.3) is 5.69 Å². The molecule has 150 valence electrons. The van der Waals surface area contributed by atoms with Gasteiger partial charge < -0.3 is 19.9 Å². The molecule has 0 spiro atoms. The molecule has 3 aromatic rings. The number of carbonyl (C=O) groups excluding carboxylic acids is 1. The molecule has 2 heterocycles. The molecule has 0 saturated carbocycles. The number of phenols is 1. The van der Waals surface area contributed by atoms with Gasteiger partial charge in [0.25, 0.3) is 0 Å². The monoisotopic (exact) mass is 431 g/mol. The Morgan fingerprint density at radius 3 is 2.62 bits per heavy atom. The number of phenolic OH excluding ortho intramolecular Hbond substituents is 1. The van der Waals surface area contributed by atoms with Gasteiger partial charge >= 0.3 is 0 Å². The second-order valence-electron chi connectivity index (χ2n) is 6.34. The van der Waals surface area contributed by atoms with Gasteiger partial charge in [0.05, 0.1) is 30.9 Å². The van der Waals surface area contributed by atoms with Gasteiger partial charge in [-0.2, -0.15) is 0 Å². The molecule has 0 unspecified atom stereocenters. The molecule has 0 saturated heterocycles. The Labute approximate surface area is 176 Å². The Hall–Kier alpha value is -2.84. The summed E-state index contributed by atoms with van der Waals surface area (Å²) in [7, 11) is 2.95. The maximum atomic E-state index is 12.2. The molecule has 7 nitrogen and oxygen atoms in total. The molecule has 0 aliphatic carbocycles. The third-order valence-corrected chi connectivity index (χ3v) is 6.08. The number of imidazole rings is 1. The fourth-order valence-corrected chi connectivity index (χ4v) is 4.55. The lowest BCUT2D eigenvalue weighted by atomic mass is 10.1. The van der Waals surface area contributed by atoms with E-state index >= 15 is 0 Å². The average Bonchev–Trinajstić information content (AvgIpc) is 3.04. The van der Waals surface area contributed by atoms with Crippen molar-refractivity contribution in [3.05, 3.63) is 59.0 Å². The first-order valence-electron chi connectivity index (χ1n) is 8.71. The number of hydrogen-bond donors (Lipinski definition) is 2. The third kappa shape index (κ3) is 3.61. The van der Waals surface area contributed by atoms with Gasteiger partial charge in [-0.25, -0.2) is 4.98 Å². The number of nitrogens with zero attached hydrogens (tertiary/aromatic N) is 2. The smallest absolute Gasteiger partial charge is 0.235 e. The van der Waals surface area contributed by atoms with Gasteiger partial charge in [0, 0.05) is 10.7 Å². The highest BCUT2D eigenvalue weighted by atomic mass is 35.5. The van der Waals surface area contributed by atoms with E-state index in [0.29, 0.717) is 22.3 Å². The number of aromatic nitrogens is 2. The summed E-state index contributed by atoms with van der Waals surface area (Å²) >= 11 is 7.63. The number of halogens is 1. The van der Waals surface area contributed by atoms with E-state index in [4.69, 9.17) is 21.1 Å². The lowest BCUT2D eigenvalue weighted by Crippen LogP contribution is -2.12. The summed E-state index contributed by atoms with van der Waals surface area (Å²) in [5.41, 5.74) is 2.42. The molecule has 9 heteroatoms. The highest BCUT2D eigenvalue weighted by molar-refractivity contribution is 8.00. The van der Waals surface area contributed by atoms with Crippen molar-refractivity contribution in [2.75, 3.05) is 25.3 Å². The molecular formula is C20H18ClN3O4S. The molecular weight excluding hydrogens is 414 g/mol. The van der Waals surface area contributed by atoms with Crippen molar-refractivity contribution in [1.82, 2.24) is 9.55 Å². The lowest BCUT2D eigenvalue weighted by molar-refractivity contribution is -0.113. The number of carbonyl (C=O) groups is 1. The maximum Gasteiger partial charge on any atom is 0.235 e. The predicted octanol–water partition coefficient (Wildman–Crippen LogP) is 4.02. The minimum atomic E-state index is -0.270. The molecule has 29 heavy (non-hydrogen) atoms. The second kappa shape index (κ2) is 7.88. The van der Waals surface area contributed by atoms with Crippen LogP contribution < -0.4 is 14.8 Å². The van der Waals surface area contributed by atoms with Gasteiger partial charge in [0.1, 0.15) is 6.33 Å². The summed E-state index contributed by atoms with van der Waals surface area (Å²) in [6, 6.07) is 10.9. The summed E-state index contributed by atoms with van der Waals surface area (Å²) in [5.74, 6) is 1.11. The minimum absolute atomic E-state index is 0.0739. The molecule has 1 amide bonds. The number of ether oxygens (including phenoxy) is 2. The highest BCUT2D eigenvalue weighted by Gasteiger charge is 2.30. The van der Waals surface area contributed by atoms with Crippen LogP contribution in [0.4, 0.5) is 5.82 Å². The third-order valence-electron chi connectivity index (χ3n) is 4.58. The van der Waals surface area contributed by atoms with Crippen molar-refractivity contribution >= 4 is 35.1 Å². The van der Waals surface area contributed by atoms with Crippen molar-refractivity contribution in [3.63, 3.8) is 0 Å². The normalized spacial score (nSPS) is 16.0. The molecule has 0 bridgehead atoms. The van der Waals surface area contributed by atoms with Crippen molar-refractivity contribution in [2.24, 2.45) is 0 Å². The number of anilines is 1. The average molecular weight is 432 g/mol. The number of hydrogen-bond acceptors (Lipinski definition) is 6. The molecule has 0 radical (unpaired) electrons. The van der Waals surface area contributed by atoms with Crippen LogP contribution in [0.3, 0.4) is 0 Å². The van der Waals surface area contributed by atoms with Crippen molar-refractivity contribution in [3.8, 4) is 22.9 Å². The van der Waals surface area contributed by atoms with Crippen LogP contribution in [0.2, 0.25) is 5.02 Å². The molecule has 1 aliphatic rings. The van der Waals surface area contributed by atoms with Crippen LogP contribution in [-0.4, -0.2) is 40.5 Å². The quantitative estimate of drug-likeness (QED) is 0.648. The number of rotatable bonds is 4. The van der Waals surface area contributed by atoms with Crippen LogP contribution in [0, 0.1) is 0 Å². The van der Waals surface area contributed by atoms with Crippen LogP contribution >= 0.6 is 23.4 Å². The number of thioether (sulfide) groups is 1. The summed E-state index contributed by atoms with van der Waals surface area (Å²) in [5, 5.41) is 13.5. The van der Waals surface area contributed by atoms with Crippen LogP contribution in [0.15, 0.2) is 42.7 Å². The Balaban J connectivity index is 1.91. The van der Waals surface area contributed by atoms with Gasteiger partial charge in [-0.1, -0.05) is 17.7 Å². The van der Waals surface area contributed by atoms with E-state index in [9.17, 15) is 9.90 Å². The van der Waals surface area contributed by atoms with Crippen LogP contribution in [-0.2, 0) is 4.79 Å². The fourth-order valence-electron chi connectivity index (χ4n) is 3.26. The van der Waals surface area contributed by atoms with Gasteiger partial charge in [-0.15, -0.1) is 11.8 Å². The number of nitrogens with one attached hydrogen (secondary N) is 1. The first kappa shape index (κ1) is 19.5. The van der Waals surface area contributed by atoms with E-state index < -0.39 is 0 Å². The molecule has 1 aliphatic heterocycles. The van der Waals surface area contributed by atoms with E-state index in [1.54, 1.807) is 24.5 Å². The standard InChI is InChI=1S/C20H18ClN3O4S/c1-27-14-6-11(7-15(28-2)18(14)26)19-17-20(23-16(25)9-29-19)22-10-24(17)13-5-3-4-12(21)8-13/h3-8,10,19,26H,9H2,1-2H3,(H,23,25)/t19-/m1/s1. The SMILES string of the molecule is COc1cc([C@H]2SCC(=O)Nc3ncn(-c4cccc(Cl)c4)c32)cc(OC)c1O. The summed E-state index contributed by atoms with van der Waals surface area (Å²) in [6.07, 6.45) is 1.66. The zero-order valence-corrected chi connectivity index (χ0v) is 17.3. The fraction of sp³-hybridized carbons (Fsp3) is 0.200. The topological polar surface area (TPSA) is 85.6 Å². The Morgan fingerprint density at radius 2 is 1.97 bits per heavy atom. The van der Waals surface area contributed by atoms with Crippen LogP contribution in [0.5, 0.6) is 17.2 Å². The van der Waals surface area contributed by atoms with Gasteiger partial charge in [0.15, 0.2) is 17.3 Å². The number of amides is 1. The van der Waals surface area contributed by atoms with E-state index in [1.165, 1.54) is 26.0 Å². The van der Waals surface area contributed by atoms with Gasteiger partial charge in [-0.3, -0.25) is 9.36 Å². The van der Waals surface area contributed by atoms with Crippen molar-refractivity contribution < 1.29 is 19.4 Å².